The Kier molecular flexibility index (Phi) is 9.03. The molecule has 0 aromatic heterocycles. The second-order valence-corrected chi connectivity index (χ2v) is 8.59. The number of amides is 3. The summed E-state index contributed by atoms with van der Waals surface area (Å²) < 4.78 is 5.44. The van der Waals surface area contributed by atoms with Crippen LogP contribution in [0.25, 0.3) is 0 Å². The number of carbonyl (C=O) groups excluding carboxylic acids is 3. The zero-order valence-corrected chi connectivity index (χ0v) is 20.9. The predicted octanol–water partition coefficient (Wildman–Crippen LogP) is 0.534. The van der Waals surface area contributed by atoms with Crippen molar-refractivity contribution in [3.05, 3.63) is 53.1 Å². The Morgan fingerprint density at radius 3 is 2.66 bits per heavy atom. The molecule has 1 fully saturated rings. The summed E-state index contributed by atoms with van der Waals surface area (Å²) in [5.41, 5.74) is 8.36. The van der Waals surface area contributed by atoms with Crippen LogP contribution in [0.15, 0.2) is 36.4 Å². The number of fused-ring (bicyclic) bond motifs is 1. The maximum atomic E-state index is 13.2. The van der Waals surface area contributed by atoms with E-state index in [-0.39, 0.29) is 44.4 Å². The third-order valence-electron chi connectivity index (χ3n) is 6.26. The zero-order valence-electron chi connectivity index (χ0n) is 20.1. The quantitative estimate of drug-likeness (QED) is 0.386. The molecule has 13 heteroatoms. The molecular formula is C25H26ClN5O7. The monoisotopic (exact) mass is 543 g/mol. The largest absolute Gasteiger partial charge is 0.480 e. The number of hydrogen-bond acceptors (Lipinski definition) is 8. The number of nitrogens with zero attached hydrogens (tertiary/aromatic N) is 3. The molecule has 2 aliphatic heterocycles. The number of nitrogens with two attached hydrogens (primary N) is 1. The summed E-state index contributed by atoms with van der Waals surface area (Å²) in [6.45, 7) is -0.270. The van der Waals surface area contributed by atoms with Gasteiger partial charge in [-0.1, -0.05) is 6.07 Å². The highest BCUT2D eigenvalue weighted by molar-refractivity contribution is 6.05. The number of nitriles is 1. The van der Waals surface area contributed by atoms with Crippen LogP contribution in [0, 0.1) is 11.3 Å². The van der Waals surface area contributed by atoms with Crippen LogP contribution in [0.2, 0.25) is 0 Å². The average molecular weight is 544 g/mol. The molecule has 2 aliphatic rings. The Bertz CT molecular complexity index is 1310. The molecule has 2 aromatic carbocycles. The van der Waals surface area contributed by atoms with Gasteiger partial charge in [0.05, 0.1) is 18.2 Å². The molecule has 2 aromatic rings. The van der Waals surface area contributed by atoms with Crippen LogP contribution in [0.5, 0.6) is 0 Å². The van der Waals surface area contributed by atoms with Gasteiger partial charge in [-0.25, -0.2) is 0 Å². The van der Waals surface area contributed by atoms with E-state index in [1.165, 1.54) is 28.0 Å². The van der Waals surface area contributed by atoms with Crippen molar-refractivity contribution in [2.24, 2.45) is 5.73 Å². The van der Waals surface area contributed by atoms with Crippen LogP contribution in [0.1, 0.15) is 23.1 Å². The second-order valence-electron chi connectivity index (χ2n) is 8.59. The number of anilines is 3. The van der Waals surface area contributed by atoms with Gasteiger partial charge in [-0.15, -0.1) is 12.4 Å². The van der Waals surface area contributed by atoms with E-state index in [1.807, 2.05) is 6.07 Å². The van der Waals surface area contributed by atoms with Gasteiger partial charge in [0.1, 0.15) is 6.54 Å². The minimum Gasteiger partial charge on any atom is -0.480 e. The number of ether oxygens (including phenoxy) is 1. The van der Waals surface area contributed by atoms with E-state index in [1.54, 1.807) is 18.2 Å². The lowest BCUT2D eigenvalue weighted by Gasteiger charge is -2.35. The van der Waals surface area contributed by atoms with Crippen molar-refractivity contribution in [2.75, 3.05) is 34.8 Å². The van der Waals surface area contributed by atoms with Crippen molar-refractivity contribution in [1.82, 2.24) is 0 Å². The van der Waals surface area contributed by atoms with E-state index in [0.29, 0.717) is 34.6 Å². The van der Waals surface area contributed by atoms with Gasteiger partial charge >= 0.3 is 5.97 Å². The molecule has 0 saturated carbocycles. The van der Waals surface area contributed by atoms with E-state index in [4.69, 9.17) is 15.7 Å². The predicted molar refractivity (Wildman–Crippen MR) is 138 cm³/mol. The van der Waals surface area contributed by atoms with Crippen molar-refractivity contribution >= 4 is 53.2 Å². The summed E-state index contributed by atoms with van der Waals surface area (Å²) in [4.78, 5) is 52.1. The number of hydrogen-bond donors (Lipinski definition) is 4. The zero-order chi connectivity index (χ0) is 26.7. The summed E-state index contributed by atoms with van der Waals surface area (Å²) in [5, 5.41) is 31.5. The molecule has 0 unspecified atom stereocenters. The number of aryl methyl sites for hydroxylation is 1. The molecule has 0 bridgehead atoms. The van der Waals surface area contributed by atoms with E-state index in [0.717, 1.165) is 5.56 Å². The van der Waals surface area contributed by atoms with Gasteiger partial charge in [-0.3, -0.25) is 19.2 Å². The van der Waals surface area contributed by atoms with Crippen LogP contribution in [-0.2, 0) is 36.9 Å². The van der Waals surface area contributed by atoms with Gasteiger partial charge in [-0.2, -0.15) is 5.26 Å². The fourth-order valence-electron chi connectivity index (χ4n) is 4.39. The highest BCUT2D eigenvalue weighted by atomic mass is 35.5. The average Bonchev–Trinajstić information content (AvgIpc) is 2.89. The standard InChI is InChI=1S/C25H25N5O7.ClH/c26-11-15-1-4-17(9-16(15)12-27)28-24(35)22(34)23-25(36)29(7-8-37-23)18-5-2-14-3-6-20(31)30(13-21(32)33)19(14)10-18;/h1-2,4-5,9-10,22-23,34H,3,6-8,12-13,27H2,(H,28,35)(H,32,33);1H/t22-,23-;/m1./s1. The van der Waals surface area contributed by atoms with E-state index in [9.17, 15) is 29.4 Å². The Morgan fingerprint density at radius 1 is 1.21 bits per heavy atom. The molecule has 2 atom stereocenters. The van der Waals surface area contributed by atoms with E-state index >= 15 is 0 Å². The molecule has 0 spiro atoms. The molecule has 0 radical (unpaired) electrons. The minimum atomic E-state index is -1.84. The van der Waals surface area contributed by atoms with E-state index < -0.39 is 36.5 Å². The van der Waals surface area contributed by atoms with Gasteiger partial charge in [0.2, 0.25) is 5.91 Å². The molecule has 12 nitrogen and oxygen atoms in total. The first kappa shape index (κ1) is 28.5. The third kappa shape index (κ3) is 5.76. The highest BCUT2D eigenvalue weighted by Crippen LogP contribution is 2.33. The summed E-state index contributed by atoms with van der Waals surface area (Å²) in [5.74, 6) is -3.03. The van der Waals surface area contributed by atoms with Crippen molar-refractivity contribution < 1.29 is 34.1 Å². The van der Waals surface area contributed by atoms with Crippen LogP contribution in [0.3, 0.4) is 0 Å². The third-order valence-corrected chi connectivity index (χ3v) is 6.26. The second kappa shape index (κ2) is 12.0. The van der Waals surface area contributed by atoms with Crippen LogP contribution < -0.4 is 20.9 Å². The molecular weight excluding hydrogens is 518 g/mol. The Balaban J connectivity index is 0.00000400. The van der Waals surface area contributed by atoms with Gasteiger partial charge in [0, 0.05) is 36.6 Å². The number of nitrogens with one attached hydrogen (secondary N) is 1. The fraction of sp³-hybridized carbons (Fsp3) is 0.320. The molecule has 200 valence electrons. The van der Waals surface area contributed by atoms with Gasteiger partial charge in [0.25, 0.3) is 11.8 Å². The Morgan fingerprint density at radius 2 is 1.97 bits per heavy atom. The highest BCUT2D eigenvalue weighted by Gasteiger charge is 2.40. The van der Waals surface area contributed by atoms with Crippen molar-refractivity contribution in [3.8, 4) is 6.07 Å². The van der Waals surface area contributed by atoms with Gasteiger partial charge < -0.3 is 35.8 Å². The summed E-state index contributed by atoms with van der Waals surface area (Å²) in [6, 6.07) is 11.4. The molecule has 0 aliphatic carbocycles. The number of carboxylic acid groups (broad SMARTS) is 1. The first-order chi connectivity index (χ1) is 17.7. The molecule has 2 heterocycles. The number of halogens is 1. The minimum absolute atomic E-state index is 0. The lowest BCUT2D eigenvalue weighted by atomic mass is 9.99. The van der Waals surface area contributed by atoms with Crippen LogP contribution >= 0.6 is 12.4 Å². The lowest BCUT2D eigenvalue weighted by Crippen LogP contribution is -2.55. The van der Waals surface area contributed by atoms with Gasteiger partial charge in [-0.05, 0) is 47.9 Å². The molecule has 1 saturated heterocycles. The van der Waals surface area contributed by atoms with Gasteiger partial charge in [0.15, 0.2) is 12.2 Å². The summed E-state index contributed by atoms with van der Waals surface area (Å²) >= 11 is 0. The maximum Gasteiger partial charge on any atom is 0.323 e. The van der Waals surface area contributed by atoms with Crippen LogP contribution in [-0.4, -0.2) is 65.8 Å². The number of aliphatic carboxylic acids is 1. The number of morpholine rings is 1. The van der Waals surface area contributed by atoms with E-state index in [2.05, 4.69) is 5.32 Å². The fourth-order valence-corrected chi connectivity index (χ4v) is 4.39. The Labute approximate surface area is 224 Å². The molecule has 4 rings (SSSR count). The number of carboxylic acids is 1. The van der Waals surface area contributed by atoms with Crippen molar-refractivity contribution in [2.45, 2.75) is 31.6 Å². The molecule has 3 amide bonds. The number of rotatable bonds is 7. The van der Waals surface area contributed by atoms with Crippen molar-refractivity contribution in [3.63, 3.8) is 0 Å². The summed E-state index contributed by atoms with van der Waals surface area (Å²) in [6.07, 6.45) is -2.69. The van der Waals surface area contributed by atoms with Crippen molar-refractivity contribution in [1.29, 1.82) is 5.26 Å². The summed E-state index contributed by atoms with van der Waals surface area (Å²) in [7, 11) is 0. The normalized spacial score (nSPS) is 17.7. The smallest absolute Gasteiger partial charge is 0.323 e. The number of carbonyl (C=O) groups is 4. The first-order valence-electron chi connectivity index (χ1n) is 11.5. The SMILES string of the molecule is Cl.N#Cc1ccc(NC(=O)[C@H](O)[C@H]2OCCN(c3ccc4c(c3)N(CC(=O)O)C(=O)CC4)C2=O)cc1CN. The first-order valence-corrected chi connectivity index (χ1v) is 11.5. The number of benzene rings is 2. The van der Waals surface area contributed by atoms with Crippen LogP contribution in [0.4, 0.5) is 17.1 Å². The Hall–Kier alpha value is -4.02. The molecule has 38 heavy (non-hydrogen) atoms. The number of aliphatic hydroxyl groups is 1. The molecule has 5 N–H and O–H groups in total. The number of aliphatic hydroxyl groups excluding tert-OH is 1. The maximum absolute atomic E-state index is 13.2. The topological polar surface area (TPSA) is 186 Å². The lowest BCUT2D eigenvalue weighted by molar-refractivity contribution is -0.150.